The van der Waals surface area contributed by atoms with E-state index in [1.165, 1.54) is 11.3 Å². The van der Waals surface area contributed by atoms with Gasteiger partial charge in [0.1, 0.15) is 18.0 Å². The van der Waals surface area contributed by atoms with Gasteiger partial charge in [-0.1, -0.05) is 54.6 Å². The van der Waals surface area contributed by atoms with E-state index in [0.717, 1.165) is 36.4 Å². The van der Waals surface area contributed by atoms with E-state index in [1.54, 1.807) is 7.11 Å². The van der Waals surface area contributed by atoms with Crippen LogP contribution in [0.3, 0.4) is 0 Å². The fraction of sp³-hybridized carbons (Fsp3) is 0.387. The van der Waals surface area contributed by atoms with Crippen molar-refractivity contribution in [3.05, 3.63) is 95.6 Å². The van der Waals surface area contributed by atoms with Crippen molar-refractivity contribution in [2.45, 2.75) is 39.1 Å². The molecule has 1 fully saturated rings. The molecule has 6 heteroatoms. The van der Waals surface area contributed by atoms with E-state index in [9.17, 15) is 4.79 Å². The average molecular weight is 502 g/mol. The maximum Gasteiger partial charge on any atom is 0.243 e. The third-order valence-corrected chi connectivity index (χ3v) is 7.25. The van der Waals surface area contributed by atoms with Crippen molar-refractivity contribution >= 4 is 11.6 Å². The number of amides is 1. The molecule has 0 bridgehead atoms. The minimum atomic E-state index is -0.327. The van der Waals surface area contributed by atoms with Crippen LogP contribution in [0.4, 0.5) is 5.69 Å². The number of ether oxygens (including phenoxy) is 2. The highest BCUT2D eigenvalue weighted by atomic mass is 16.5. The topological polar surface area (TPSA) is 45.3 Å². The molecule has 0 saturated carbocycles. The smallest absolute Gasteiger partial charge is 0.243 e. The van der Waals surface area contributed by atoms with E-state index in [1.807, 2.05) is 54.4 Å². The maximum absolute atomic E-state index is 13.7. The highest BCUT2D eigenvalue weighted by Crippen LogP contribution is 2.34. The zero-order valence-corrected chi connectivity index (χ0v) is 22.5. The summed E-state index contributed by atoms with van der Waals surface area (Å²) in [4.78, 5) is 20.2. The fourth-order valence-corrected chi connectivity index (χ4v) is 5.06. The van der Waals surface area contributed by atoms with Crippen LogP contribution >= 0.6 is 0 Å². The van der Waals surface area contributed by atoms with Crippen molar-refractivity contribution in [3.8, 4) is 5.75 Å². The van der Waals surface area contributed by atoms with Gasteiger partial charge < -0.3 is 19.3 Å². The van der Waals surface area contributed by atoms with Crippen molar-refractivity contribution in [1.29, 1.82) is 0 Å². The van der Waals surface area contributed by atoms with Crippen LogP contribution in [-0.4, -0.2) is 62.1 Å². The maximum atomic E-state index is 13.7. The molecule has 1 amide bonds. The van der Waals surface area contributed by atoms with E-state index < -0.39 is 0 Å². The molecule has 37 heavy (non-hydrogen) atoms. The first-order valence-electron chi connectivity index (χ1n) is 13.2. The summed E-state index contributed by atoms with van der Waals surface area (Å²) >= 11 is 0. The quantitative estimate of drug-likeness (QED) is 0.344. The van der Waals surface area contributed by atoms with Gasteiger partial charge in [0.15, 0.2) is 0 Å². The van der Waals surface area contributed by atoms with Gasteiger partial charge in [-0.25, -0.2) is 0 Å². The minimum Gasteiger partial charge on any atom is -0.497 e. The minimum absolute atomic E-state index is 0.113. The van der Waals surface area contributed by atoms with E-state index >= 15 is 0 Å². The first-order chi connectivity index (χ1) is 18.0. The van der Waals surface area contributed by atoms with Crippen LogP contribution in [0.25, 0.3) is 0 Å². The van der Waals surface area contributed by atoms with Crippen LogP contribution in [0.15, 0.2) is 78.9 Å². The van der Waals surface area contributed by atoms with E-state index in [4.69, 9.17) is 9.47 Å². The molecule has 1 aliphatic heterocycles. The standard InChI is InChI=1S/C31H39N3O3/c1-5-33(6-2)27-16-14-26(15-17-27)30-32(3)29(23-37-22-25-10-8-7-9-11-25)31(35)34(30)21-20-24-12-18-28(36-4)19-13-24/h7-19,29-30H,5-6,20-23H2,1-4H3/t29-,30+/m0/s1. The predicted molar refractivity (Wildman–Crippen MR) is 149 cm³/mol. The number of likely N-dealkylation sites (N-methyl/N-ethyl adjacent to an activating group) is 1. The molecule has 0 aromatic heterocycles. The molecule has 1 aliphatic rings. The summed E-state index contributed by atoms with van der Waals surface area (Å²) in [5.41, 5.74) is 4.60. The molecule has 0 N–H and O–H groups in total. The highest BCUT2D eigenvalue weighted by Gasteiger charge is 2.44. The predicted octanol–water partition coefficient (Wildman–Crippen LogP) is 5.14. The Morgan fingerprint density at radius 2 is 1.54 bits per heavy atom. The lowest BCUT2D eigenvalue weighted by molar-refractivity contribution is -0.131. The van der Waals surface area contributed by atoms with Gasteiger partial charge in [-0.3, -0.25) is 9.69 Å². The summed E-state index contributed by atoms with van der Waals surface area (Å²) in [5.74, 6) is 0.949. The van der Waals surface area contributed by atoms with Crippen LogP contribution in [-0.2, 0) is 22.6 Å². The first kappa shape index (κ1) is 26.7. The van der Waals surface area contributed by atoms with Crippen molar-refractivity contribution in [3.63, 3.8) is 0 Å². The monoisotopic (exact) mass is 501 g/mol. The SMILES string of the molecule is CCN(CC)c1ccc([C@H]2N(CCc3ccc(OC)cc3)C(=O)[C@H](COCc3ccccc3)N2C)cc1. The molecule has 0 aliphatic carbocycles. The number of benzene rings is 3. The molecular weight excluding hydrogens is 462 g/mol. The number of rotatable bonds is 12. The number of nitrogens with zero attached hydrogens (tertiary/aromatic N) is 3. The van der Waals surface area contributed by atoms with Gasteiger partial charge in [-0.2, -0.15) is 0 Å². The van der Waals surface area contributed by atoms with Crippen LogP contribution in [0, 0.1) is 0 Å². The Bertz CT molecular complexity index is 1110. The molecule has 3 aromatic rings. The van der Waals surface area contributed by atoms with Crippen molar-refractivity contribution in [1.82, 2.24) is 9.80 Å². The average Bonchev–Trinajstić information content (AvgIpc) is 3.18. The van der Waals surface area contributed by atoms with Gasteiger partial charge in [0.2, 0.25) is 5.91 Å². The summed E-state index contributed by atoms with van der Waals surface area (Å²) in [6.45, 7) is 7.75. The Balaban J connectivity index is 1.52. The second-order valence-corrected chi connectivity index (χ2v) is 9.45. The molecule has 1 saturated heterocycles. The van der Waals surface area contributed by atoms with Gasteiger partial charge in [-0.15, -0.1) is 0 Å². The van der Waals surface area contributed by atoms with Crippen LogP contribution in [0.1, 0.15) is 36.7 Å². The number of anilines is 1. The molecule has 0 unspecified atom stereocenters. The number of hydrogen-bond donors (Lipinski definition) is 0. The molecule has 2 atom stereocenters. The van der Waals surface area contributed by atoms with Crippen molar-refractivity contribution in [2.24, 2.45) is 0 Å². The number of hydrogen-bond acceptors (Lipinski definition) is 5. The van der Waals surface area contributed by atoms with Crippen LogP contribution in [0.5, 0.6) is 5.75 Å². The van der Waals surface area contributed by atoms with E-state index in [-0.39, 0.29) is 18.1 Å². The summed E-state index contributed by atoms with van der Waals surface area (Å²) in [6, 6.07) is 26.5. The lowest BCUT2D eigenvalue weighted by atomic mass is 10.1. The molecule has 0 radical (unpaired) electrons. The summed E-state index contributed by atoms with van der Waals surface area (Å²) in [6.07, 6.45) is 0.636. The Morgan fingerprint density at radius 3 is 2.16 bits per heavy atom. The number of carbonyl (C=O) groups is 1. The Kier molecular flexibility index (Phi) is 9.20. The normalized spacial score (nSPS) is 17.8. The summed E-state index contributed by atoms with van der Waals surface area (Å²) in [5, 5.41) is 0. The highest BCUT2D eigenvalue weighted by molar-refractivity contribution is 5.84. The largest absolute Gasteiger partial charge is 0.497 e. The third kappa shape index (κ3) is 6.32. The third-order valence-electron chi connectivity index (χ3n) is 7.25. The van der Waals surface area contributed by atoms with Gasteiger partial charge in [-0.05, 0) is 68.3 Å². The van der Waals surface area contributed by atoms with Gasteiger partial charge in [0.05, 0.1) is 20.3 Å². The zero-order valence-electron chi connectivity index (χ0n) is 22.5. The molecule has 6 nitrogen and oxygen atoms in total. The second-order valence-electron chi connectivity index (χ2n) is 9.45. The molecule has 3 aromatic carbocycles. The Labute approximate surface area is 221 Å². The molecular formula is C31H39N3O3. The van der Waals surface area contributed by atoms with E-state index in [0.29, 0.717) is 19.8 Å². The molecule has 1 heterocycles. The van der Waals surface area contributed by atoms with Gasteiger partial charge in [0, 0.05) is 25.3 Å². The van der Waals surface area contributed by atoms with Crippen molar-refractivity contribution < 1.29 is 14.3 Å². The van der Waals surface area contributed by atoms with Crippen molar-refractivity contribution in [2.75, 3.05) is 45.3 Å². The Hall–Kier alpha value is -3.35. The fourth-order valence-electron chi connectivity index (χ4n) is 5.06. The zero-order chi connectivity index (χ0) is 26.2. The summed E-state index contributed by atoms with van der Waals surface area (Å²) < 4.78 is 11.3. The molecule has 0 spiro atoms. The van der Waals surface area contributed by atoms with E-state index in [2.05, 4.69) is 60.0 Å². The second kappa shape index (κ2) is 12.7. The van der Waals surface area contributed by atoms with Crippen LogP contribution < -0.4 is 9.64 Å². The lowest BCUT2D eigenvalue weighted by Crippen LogP contribution is -2.35. The van der Waals surface area contributed by atoms with Gasteiger partial charge in [0.25, 0.3) is 0 Å². The molecule has 4 rings (SSSR count). The Morgan fingerprint density at radius 1 is 0.865 bits per heavy atom. The lowest BCUT2D eigenvalue weighted by Gasteiger charge is -2.30. The number of methoxy groups -OCH3 is 1. The van der Waals surface area contributed by atoms with Crippen LogP contribution in [0.2, 0.25) is 0 Å². The molecule has 196 valence electrons. The van der Waals surface area contributed by atoms with Gasteiger partial charge >= 0.3 is 0 Å². The first-order valence-corrected chi connectivity index (χ1v) is 13.2. The summed E-state index contributed by atoms with van der Waals surface area (Å²) in [7, 11) is 3.70. The number of carbonyl (C=O) groups excluding carboxylic acids is 1.